The molecule has 1 aliphatic rings. The van der Waals surface area contributed by atoms with Crippen LogP contribution in [-0.2, 0) is 23.1 Å². The molecule has 0 radical (unpaired) electrons. The van der Waals surface area contributed by atoms with Gasteiger partial charge in [-0.1, -0.05) is 30.7 Å². The van der Waals surface area contributed by atoms with E-state index in [4.69, 9.17) is 4.74 Å². The summed E-state index contributed by atoms with van der Waals surface area (Å²) in [5.74, 6) is 1.51. The predicted octanol–water partition coefficient (Wildman–Crippen LogP) is 3.13. The first-order valence-corrected chi connectivity index (χ1v) is 12.2. The van der Waals surface area contributed by atoms with E-state index in [9.17, 15) is 8.42 Å². The second-order valence-corrected chi connectivity index (χ2v) is 9.45. The molecule has 0 aromatic heterocycles. The lowest BCUT2D eigenvalue weighted by Crippen LogP contribution is -2.37. The Morgan fingerprint density at radius 3 is 2.45 bits per heavy atom. The standard InChI is InChI=1S/C23H32N4O3S/c1-3-24-23(26-18-20-8-7-9-21(16-20)30-2)25-17-19-10-12-22(13-11-19)31(28,29)27-14-5-4-6-15-27/h7-13,16H,3-6,14-15,17-18H2,1-2H3,(H2,24,25,26). The second-order valence-electron chi connectivity index (χ2n) is 7.51. The lowest BCUT2D eigenvalue weighted by atomic mass is 10.2. The van der Waals surface area contributed by atoms with E-state index in [0.717, 1.165) is 42.7 Å². The number of hydrogen-bond acceptors (Lipinski definition) is 4. The van der Waals surface area contributed by atoms with Crippen molar-refractivity contribution in [1.82, 2.24) is 14.9 Å². The first-order valence-electron chi connectivity index (χ1n) is 10.8. The normalized spacial score (nSPS) is 15.5. The number of methoxy groups -OCH3 is 1. The number of hydrogen-bond donors (Lipinski definition) is 2. The van der Waals surface area contributed by atoms with Crippen molar-refractivity contribution in [3.8, 4) is 5.75 Å². The Hall–Kier alpha value is -2.58. The van der Waals surface area contributed by atoms with Gasteiger partial charge in [-0.2, -0.15) is 4.31 Å². The van der Waals surface area contributed by atoms with Gasteiger partial charge in [0.25, 0.3) is 0 Å². The average molecular weight is 445 g/mol. The van der Waals surface area contributed by atoms with Crippen LogP contribution in [0, 0.1) is 0 Å². The van der Waals surface area contributed by atoms with Crippen LogP contribution < -0.4 is 15.4 Å². The Labute approximate surface area is 185 Å². The molecule has 1 aliphatic heterocycles. The van der Waals surface area contributed by atoms with E-state index in [1.807, 2.05) is 43.3 Å². The minimum absolute atomic E-state index is 0.358. The average Bonchev–Trinajstić information content (AvgIpc) is 2.82. The number of benzene rings is 2. The van der Waals surface area contributed by atoms with Crippen molar-refractivity contribution in [1.29, 1.82) is 0 Å². The van der Waals surface area contributed by atoms with Crippen LogP contribution in [0.15, 0.2) is 58.4 Å². The molecule has 0 aliphatic carbocycles. The Bertz CT molecular complexity index is 969. The van der Waals surface area contributed by atoms with Crippen LogP contribution in [0.1, 0.15) is 37.3 Å². The van der Waals surface area contributed by atoms with E-state index >= 15 is 0 Å². The summed E-state index contributed by atoms with van der Waals surface area (Å²) >= 11 is 0. The molecule has 2 aromatic carbocycles. The van der Waals surface area contributed by atoms with Crippen molar-refractivity contribution in [3.05, 3.63) is 59.7 Å². The Kier molecular flexibility index (Phi) is 8.31. The van der Waals surface area contributed by atoms with Crippen molar-refractivity contribution in [2.75, 3.05) is 26.7 Å². The van der Waals surface area contributed by atoms with Gasteiger partial charge in [0, 0.05) is 26.2 Å². The number of aliphatic imine (C=N–C) groups is 1. The fourth-order valence-electron chi connectivity index (χ4n) is 3.50. The maximum absolute atomic E-state index is 12.8. The number of ether oxygens (including phenoxy) is 1. The van der Waals surface area contributed by atoms with Gasteiger partial charge in [-0.25, -0.2) is 13.4 Å². The molecule has 3 rings (SSSR count). The Morgan fingerprint density at radius 1 is 1.03 bits per heavy atom. The van der Waals surface area contributed by atoms with E-state index in [0.29, 0.717) is 37.0 Å². The SMILES string of the molecule is CCNC(=NCc1cccc(OC)c1)NCc1ccc(S(=O)(=O)N2CCCCC2)cc1. The summed E-state index contributed by atoms with van der Waals surface area (Å²) in [6.07, 6.45) is 2.97. The van der Waals surface area contributed by atoms with Crippen LogP contribution in [-0.4, -0.2) is 45.4 Å². The molecule has 8 heteroatoms. The summed E-state index contributed by atoms with van der Waals surface area (Å²) in [6, 6.07) is 14.9. The molecule has 1 fully saturated rings. The zero-order valence-electron chi connectivity index (χ0n) is 18.3. The van der Waals surface area contributed by atoms with Gasteiger partial charge < -0.3 is 15.4 Å². The van der Waals surface area contributed by atoms with Crippen molar-refractivity contribution < 1.29 is 13.2 Å². The topological polar surface area (TPSA) is 83.0 Å². The van der Waals surface area contributed by atoms with Crippen molar-refractivity contribution in [3.63, 3.8) is 0 Å². The van der Waals surface area contributed by atoms with Gasteiger partial charge in [0.05, 0.1) is 18.6 Å². The van der Waals surface area contributed by atoms with Gasteiger partial charge in [-0.3, -0.25) is 0 Å². The van der Waals surface area contributed by atoms with Crippen LogP contribution in [0.4, 0.5) is 0 Å². The van der Waals surface area contributed by atoms with Crippen LogP contribution >= 0.6 is 0 Å². The van der Waals surface area contributed by atoms with E-state index < -0.39 is 10.0 Å². The number of rotatable bonds is 8. The van der Waals surface area contributed by atoms with E-state index in [2.05, 4.69) is 15.6 Å². The molecule has 0 bridgehead atoms. The summed E-state index contributed by atoms with van der Waals surface area (Å²) in [7, 11) is -1.75. The fourth-order valence-corrected chi connectivity index (χ4v) is 5.02. The second kappa shape index (κ2) is 11.2. The molecule has 31 heavy (non-hydrogen) atoms. The zero-order chi connectivity index (χ0) is 22.1. The lowest BCUT2D eigenvalue weighted by Gasteiger charge is -2.25. The molecule has 7 nitrogen and oxygen atoms in total. The summed E-state index contributed by atoms with van der Waals surface area (Å²) in [5, 5.41) is 6.54. The molecular weight excluding hydrogens is 412 g/mol. The first-order chi connectivity index (χ1) is 15.0. The van der Waals surface area contributed by atoms with Crippen LogP contribution in [0.2, 0.25) is 0 Å². The number of nitrogens with zero attached hydrogens (tertiary/aromatic N) is 2. The van der Waals surface area contributed by atoms with Crippen molar-refractivity contribution in [2.45, 2.75) is 44.2 Å². The highest BCUT2D eigenvalue weighted by atomic mass is 32.2. The van der Waals surface area contributed by atoms with Gasteiger partial charge in [-0.05, 0) is 55.2 Å². The zero-order valence-corrected chi connectivity index (χ0v) is 19.1. The predicted molar refractivity (Wildman–Crippen MR) is 124 cm³/mol. The smallest absolute Gasteiger partial charge is 0.243 e. The minimum atomic E-state index is -3.40. The maximum Gasteiger partial charge on any atom is 0.243 e. The highest BCUT2D eigenvalue weighted by Gasteiger charge is 2.25. The Balaban J connectivity index is 1.61. The molecular formula is C23H32N4O3S. The molecule has 1 saturated heterocycles. The lowest BCUT2D eigenvalue weighted by molar-refractivity contribution is 0.346. The largest absolute Gasteiger partial charge is 0.497 e. The summed E-state index contributed by atoms with van der Waals surface area (Å²) < 4.78 is 32.4. The van der Waals surface area contributed by atoms with Gasteiger partial charge in [-0.15, -0.1) is 0 Å². The monoisotopic (exact) mass is 444 g/mol. The molecule has 2 N–H and O–H groups in total. The van der Waals surface area contributed by atoms with Crippen LogP contribution in [0.3, 0.4) is 0 Å². The van der Waals surface area contributed by atoms with Crippen molar-refractivity contribution >= 4 is 16.0 Å². The van der Waals surface area contributed by atoms with Crippen LogP contribution in [0.25, 0.3) is 0 Å². The van der Waals surface area contributed by atoms with Crippen molar-refractivity contribution in [2.24, 2.45) is 4.99 Å². The molecule has 0 atom stereocenters. The number of piperidine rings is 1. The summed E-state index contributed by atoms with van der Waals surface area (Å²) in [4.78, 5) is 4.99. The third kappa shape index (κ3) is 6.45. The van der Waals surface area contributed by atoms with Gasteiger partial charge >= 0.3 is 0 Å². The quantitative estimate of drug-likeness (QED) is 0.483. The minimum Gasteiger partial charge on any atom is -0.497 e. The molecule has 0 unspecified atom stereocenters. The third-order valence-corrected chi connectivity index (χ3v) is 7.15. The van der Waals surface area contributed by atoms with E-state index in [-0.39, 0.29) is 0 Å². The third-order valence-electron chi connectivity index (χ3n) is 5.23. The van der Waals surface area contributed by atoms with E-state index in [1.165, 1.54) is 0 Å². The number of guanidine groups is 1. The van der Waals surface area contributed by atoms with Gasteiger partial charge in [0.15, 0.2) is 5.96 Å². The Morgan fingerprint density at radius 2 is 1.77 bits per heavy atom. The number of sulfonamides is 1. The maximum atomic E-state index is 12.8. The van der Waals surface area contributed by atoms with Gasteiger partial charge in [0.2, 0.25) is 10.0 Å². The molecule has 168 valence electrons. The summed E-state index contributed by atoms with van der Waals surface area (Å²) in [6.45, 7) is 5.07. The van der Waals surface area contributed by atoms with Crippen LogP contribution in [0.5, 0.6) is 5.75 Å². The molecule has 2 aromatic rings. The molecule has 0 amide bonds. The molecule has 1 heterocycles. The van der Waals surface area contributed by atoms with Gasteiger partial charge in [0.1, 0.15) is 5.75 Å². The number of nitrogens with one attached hydrogen (secondary N) is 2. The fraction of sp³-hybridized carbons (Fsp3) is 0.435. The highest BCUT2D eigenvalue weighted by Crippen LogP contribution is 2.21. The van der Waals surface area contributed by atoms with E-state index in [1.54, 1.807) is 23.5 Å². The first kappa shape index (κ1) is 23.1. The summed E-state index contributed by atoms with van der Waals surface area (Å²) in [5.41, 5.74) is 2.05. The molecule has 0 spiro atoms. The molecule has 0 saturated carbocycles. The highest BCUT2D eigenvalue weighted by molar-refractivity contribution is 7.89.